The van der Waals surface area contributed by atoms with Crippen molar-refractivity contribution in [2.24, 2.45) is 0 Å². The number of aliphatic carboxylic acids is 2. The van der Waals surface area contributed by atoms with Crippen LogP contribution in [0.15, 0.2) is 0 Å². The van der Waals surface area contributed by atoms with Gasteiger partial charge in [0.25, 0.3) is 0 Å². The van der Waals surface area contributed by atoms with Gasteiger partial charge in [0.1, 0.15) is 0 Å². The number of carbonyl (C=O) groups excluding carboxylic acids is 2. The van der Waals surface area contributed by atoms with Crippen LogP contribution in [0.5, 0.6) is 0 Å². The van der Waals surface area contributed by atoms with E-state index in [1.54, 1.807) is 0 Å². The number of carbonyl (C=O) groups is 2. The Balaban J connectivity index is 0. The van der Waals surface area contributed by atoms with Crippen LogP contribution in [0.4, 0.5) is 0 Å². The summed E-state index contributed by atoms with van der Waals surface area (Å²) in [5.74, 6) is -3.46. The fourth-order valence-electron chi connectivity index (χ4n) is 0.239. The Morgan fingerprint density at radius 3 is 1.27 bits per heavy atom. The summed E-state index contributed by atoms with van der Waals surface area (Å²) in [7, 11) is 0. The van der Waals surface area contributed by atoms with E-state index in [0.717, 1.165) is 0 Å². The van der Waals surface area contributed by atoms with Crippen LogP contribution in [0.1, 0.15) is 0 Å². The standard InChI is InChI=1S/C4H4Cl2O4.Ag/c5-1(3(7)8)2(6)4(9)10;/h1-2H,(H,7,8)(H,9,10);/q;+2/p-2. The van der Waals surface area contributed by atoms with E-state index >= 15 is 0 Å². The molecule has 0 amide bonds. The predicted molar refractivity (Wildman–Crippen MR) is 29.3 cm³/mol. The first-order chi connectivity index (χ1) is 4.46. The number of hydrogen-bond donors (Lipinski definition) is 0. The van der Waals surface area contributed by atoms with Crippen LogP contribution in [0.3, 0.4) is 0 Å². The van der Waals surface area contributed by atoms with E-state index in [0.29, 0.717) is 0 Å². The van der Waals surface area contributed by atoms with Crippen molar-refractivity contribution in [2.75, 3.05) is 0 Å². The van der Waals surface area contributed by atoms with Gasteiger partial charge in [0, 0.05) is 0 Å². The van der Waals surface area contributed by atoms with Crippen molar-refractivity contribution < 1.29 is 42.2 Å². The van der Waals surface area contributed by atoms with E-state index in [-0.39, 0.29) is 22.4 Å². The molecule has 2 unspecified atom stereocenters. The summed E-state index contributed by atoms with van der Waals surface area (Å²) < 4.78 is 0. The summed E-state index contributed by atoms with van der Waals surface area (Å²) in [6, 6.07) is 0. The van der Waals surface area contributed by atoms with Gasteiger partial charge in [-0.25, -0.2) is 0 Å². The van der Waals surface area contributed by atoms with Crippen molar-refractivity contribution in [3.05, 3.63) is 0 Å². The van der Waals surface area contributed by atoms with Gasteiger partial charge < -0.3 is 19.8 Å². The zero-order valence-electron chi connectivity index (χ0n) is 4.85. The third-order valence-corrected chi connectivity index (χ3v) is 1.70. The van der Waals surface area contributed by atoms with E-state index in [2.05, 4.69) is 0 Å². The van der Waals surface area contributed by atoms with Gasteiger partial charge in [0.15, 0.2) is 0 Å². The molecule has 4 nitrogen and oxygen atoms in total. The summed E-state index contributed by atoms with van der Waals surface area (Å²) in [5, 5.41) is 16.1. The van der Waals surface area contributed by atoms with Crippen molar-refractivity contribution in [2.45, 2.75) is 10.8 Å². The molecule has 0 aromatic heterocycles. The number of hydrogen-bond acceptors (Lipinski definition) is 4. The number of carboxylic acid groups (broad SMARTS) is 2. The zero-order chi connectivity index (χ0) is 8.31. The van der Waals surface area contributed by atoms with Gasteiger partial charge in [0.2, 0.25) is 0 Å². The van der Waals surface area contributed by atoms with Crippen LogP contribution in [-0.2, 0) is 32.0 Å². The molecule has 0 saturated heterocycles. The Kier molecular flexibility index (Phi) is 7.36. The number of carboxylic acids is 2. The Hall–Kier alpha value is 0.260. The molecule has 0 fully saturated rings. The van der Waals surface area contributed by atoms with Gasteiger partial charge in [-0.1, -0.05) is 0 Å². The van der Waals surface area contributed by atoms with Crippen LogP contribution < -0.4 is 10.2 Å². The predicted octanol–water partition coefficient (Wildman–Crippen LogP) is -2.30. The smallest absolute Gasteiger partial charge is 0.548 e. The van der Waals surface area contributed by atoms with E-state index in [1.165, 1.54) is 0 Å². The molecule has 0 aromatic rings. The van der Waals surface area contributed by atoms with E-state index in [1.807, 2.05) is 0 Å². The average Bonchev–Trinajstić information content (AvgIpc) is 1.84. The molecule has 0 spiro atoms. The van der Waals surface area contributed by atoms with Crippen molar-refractivity contribution in [1.82, 2.24) is 0 Å². The van der Waals surface area contributed by atoms with Crippen molar-refractivity contribution in [3.63, 3.8) is 0 Å². The van der Waals surface area contributed by atoms with Crippen molar-refractivity contribution in [1.29, 1.82) is 0 Å². The molecular weight excluding hydrogens is 291 g/mol. The molecule has 1 radical (unpaired) electrons. The Labute approximate surface area is 88.0 Å². The molecule has 11 heavy (non-hydrogen) atoms. The zero-order valence-corrected chi connectivity index (χ0v) is 7.84. The van der Waals surface area contributed by atoms with Crippen LogP contribution in [0, 0.1) is 0 Å². The second kappa shape index (κ2) is 5.85. The molecular formula is C4H2AgCl2O4. The van der Waals surface area contributed by atoms with E-state index in [9.17, 15) is 19.8 Å². The van der Waals surface area contributed by atoms with Crippen LogP contribution in [-0.4, -0.2) is 22.7 Å². The second-order valence-electron chi connectivity index (χ2n) is 1.44. The minimum Gasteiger partial charge on any atom is -0.548 e. The molecule has 0 aliphatic heterocycles. The normalized spacial score (nSPS) is 14.4. The fourth-order valence-corrected chi connectivity index (χ4v) is 0.445. The topological polar surface area (TPSA) is 80.3 Å². The summed E-state index contributed by atoms with van der Waals surface area (Å²) in [4.78, 5) is 19.7. The number of alkyl halides is 2. The Morgan fingerprint density at radius 2 is 1.18 bits per heavy atom. The molecule has 2 atom stereocenters. The molecule has 0 N–H and O–H groups in total. The second-order valence-corrected chi connectivity index (χ2v) is 2.38. The maximum absolute atomic E-state index is 9.83. The summed E-state index contributed by atoms with van der Waals surface area (Å²) >= 11 is 9.89. The molecule has 7 heteroatoms. The first kappa shape index (κ1) is 13.8. The first-order valence-electron chi connectivity index (χ1n) is 2.16. The molecule has 0 saturated carbocycles. The quantitative estimate of drug-likeness (QED) is 0.433. The summed E-state index contributed by atoms with van der Waals surface area (Å²) in [6.07, 6.45) is 0. The average molecular weight is 293 g/mol. The Bertz CT molecular complexity index is 144. The third kappa shape index (κ3) is 4.66. The van der Waals surface area contributed by atoms with Gasteiger partial charge in [0.05, 0.1) is 22.7 Å². The Morgan fingerprint density at radius 1 is 1.00 bits per heavy atom. The van der Waals surface area contributed by atoms with Gasteiger partial charge in [-0.15, -0.1) is 23.2 Å². The molecule has 0 rings (SSSR count). The summed E-state index contributed by atoms with van der Waals surface area (Å²) in [5.41, 5.74) is 0. The molecule has 0 aromatic carbocycles. The van der Waals surface area contributed by atoms with Gasteiger partial charge in [-0.05, 0) is 0 Å². The van der Waals surface area contributed by atoms with Crippen molar-refractivity contribution >= 4 is 35.1 Å². The molecule has 0 heterocycles. The van der Waals surface area contributed by atoms with Crippen LogP contribution in [0.2, 0.25) is 0 Å². The van der Waals surface area contributed by atoms with Crippen LogP contribution >= 0.6 is 23.2 Å². The fraction of sp³-hybridized carbons (Fsp3) is 0.500. The minimum atomic E-state index is -1.76. The van der Waals surface area contributed by atoms with E-state index in [4.69, 9.17) is 23.2 Å². The maximum atomic E-state index is 9.83. The summed E-state index contributed by atoms with van der Waals surface area (Å²) in [6.45, 7) is 0. The van der Waals surface area contributed by atoms with Gasteiger partial charge in [-0.2, -0.15) is 0 Å². The van der Waals surface area contributed by atoms with Crippen LogP contribution in [0.25, 0.3) is 0 Å². The largest absolute Gasteiger partial charge is 2.00 e. The monoisotopic (exact) mass is 291 g/mol. The molecule has 0 aliphatic carbocycles. The number of rotatable bonds is 3. The van der Waals surface area contributed by atoms with Crippen molar-refractivity contribution in [3.8, 4) is 0 Å². The third-order valence-electron chi connectivity index (χ3n) is 0.707. The SMILES string of the molecule is O=C([O-])C(Cl)C(Cl)C(=O)[O-].[Ag+2]. The molecule has 67 valence electrons. The molecule has 0 aliphatic rings. The van der Waals surface area contributed by atoms with Gasteiger partial charge in [-0.3, -0.25) is 0 Å². The van der Waals surface area contributed by atoms with E-state index < -0.39 is 22.7 Å². The molecule has 0 bridgehead atoms. The number of halogens is 2. The first-order valence-corrected chi connectivity index (χ1v) is 3.04. The minimum absolute atomic E-state index is 0. The van der Waals surface area contributed by atoms with Gasteiger partial charge >= 0.3 is 22.4 Å². The maximum Gasteiger partial charge on any atom is 2.00 e.